The largest absolute Gasteiger partial charge is 0.457 e. The fourth-order valence-corrected chi connectivity index (χ4v) is 5.38. The Morgan fingerprint density at radius 1 is 0.392 bits per heavy atom. The Morgan fingerprint density at radius 3 is 1.06 bits per heavy atom. The van der Waals surface area contributed by atoms with Crippen LogP contribution in [0.15, 0.2) is 158 Å². The van der Waals surface area contributed by atoms with Crippen molar-refractivity contribution in [3.63, 3.8) is 0 Å². The molecule has 0 aliphatic rings. The van der Waals surface area contributed by atoms with Gasteiger partial charge in [0.25, 0.3) is 0 Å². The number of halogens is 2. The molecule has 0 spiro atoms. The van der Waals surface area contributed by atoms with Gasteiger partial charge >= 0.3 is 11.9 Å². The molecule has 0 aliphatic carbocycles. The Labute approximate surface area is 303 Å². The van der Waals surface area contributed by atoms with Gasteiger partial charge in [0.1, 0.15) is 11.5 Å². The Bertz CT molecular complexity index is 1980. The van der Waals surface area contributed by atoms with Crippen LogP contribution in [0.5, 0.6) is 11.5 Å². The summed E-state index contributed by atoms with van der Waals surface area (Å²) in [4.78, 5) is 53.1. The van der Waals surface area contributed by atoms with Gasteiger partial charge in [-0.25, -0.2) is 9.59 Å². The summed E-state index contributed by atoms with van der Waals surface area (Å²) in [6.07, 6.45) is -2.37. The van der Waals surface area contributed by atoms with E-state index in [1.165, 1.54) is 24.3 Å². The van der Waals surface area contributed by atoms with E-state index in [1.54, 1.807) is 133 Å². The SMILES string of the molecule is O=C(O[C@H](C(=O)c1ccccc1)c1ccc(Cl)cc1)c1ccc(Oc2ccc(C(=O)O[C@H](C(=O)c3ccccc3)c3ccc(Cl)cc3)cc2)cc1. The molecule has 7 nitrogen and oxygen atoms in total. The van der Waals surface area contributed by atoms with Crippen molar-refractivity contribution in [3.8, 4) is 11.5 Å². The first kappa shape index (κ1) is 34.8. The average molecular weight is 716 g/mol. The molecule has 6 aromatic carbocycles. The minimum absolute atomic E-state index is 0.209. The third-order valence-electron chi connectivity index (χ3n) is 7.80. The van der Waals surface area contributed by atoms with E-state index in [9.17, 15) is 19.2 Å². The predicted molar refractivity (Wildman–Crippen MR) is 194 cm³/mol. The molecule has 0 amide bonds. The molecule has 0 aromatic heterocycles. The van der Waals surface area contributed by atoms with Gasteiger partial charge in [-0.2, -0.15) is 0 Å². The van der Waals surface area contributed by atoms with Crippen molar-refractivity contribution in [1.82, 2.24) is 0 Å². The molecule has 0 aliphatic heterocycles. The van der Waals surface area contributed by atoms with Crippen LogP contribution in [0, 0.1) is 0 Å². The van der Waals surface area contributed by atoms with Crippen LogP contribution < -0.4 is 4.74 Å². The number of ether oxygens (including phenoxy) is 3. The first-order chi connectivity index (χ1) is 24.7. The lowest BCUT2D eigenvalue weighted by Gasteiger charge is -2.18. The summed E-state index contributed by atoms with van der Waals surface area (Å²) < 4.78 is 17.4. The number of benzene rings is 6. The third kappa shape index (κ3) is 8.78. The van der Waals surface area contributed by atoms with Crippen LogP contribution in [0.3, 0.4) is 0 Å². The van der Waals surface area contributed by atoms with Gasteiger partial charge in [-0.15, -0.1) is 0 Å². The number of ketones is 2. The number of carbonyl (C=O) groups excluding carboxylic acids is 4. The van der Waals surface area contributed by atoms with E-state index in [2.05, 4.69) is 0 Å². The zero-order valence-electron chi connectivity index (χ0n) is 26.8. The highest BCUT2D eigenvalue weighted by molar-refractivity contribution is 6.30. The minimum atomic E-state index is -1.18. The second-order valence-electron chi connectivity index (χ2n) is 11.3. The Kier molecular flexibility index (Phi) is 11.0. The zero-order chi connectivity index (χ0) is 35.7. The monoisotopic (exact) mass is 714 g/mol. The first-order valence-corrected chi connectivity index (χ1v) is 16.5. The van der Waals surface area contributed by atoms with Crippen molar-refractivity contribution in [1.29, 1.82) is 0 Å². The maximum atomic E-state index is 13.4. The van der Waals surface area contributed by atoms with E-state index in [1.807, 2.05) is 0 Å². The van der Waals surface area contributed by atoms with Gasteiger partial charge in [-0.05, 0) is 72.8 Å². The van der Waals surface area contributed by atoms with Crippen LogP contribution in [0.4, 0.5) is 0 Å². The van der Waals surface area contributed by atoms with Crippen molar-refractivity contribution in [2.24, 2.45) is 0 Å². The number of esters is 2. The number of rotatable bonds is 12. The van der Waals surface area contributed by atoms with Crippen molar-refractivity contribution in [3.05, 3.63) is 201 Å². The Balaban J connectivity index is 1.12. The van der Waals surface area contributed by atoms with Gasteiger partial charge in [0.2, 0.25) is 11.6 Å². The molecule has 252 valence electrons. The van der Waals surface area contributed by atoms with Gasteiger partial charge in [0.15, 0.2) is 12.2 Å². The third-order valence-corrected chi connectivity index (χ3v) is 8.31. The molecule has 6 rings (SSSR count). The van der Waals surface area contributed by atoms with Crippen molar-refractivity contribution in [2.45, 2.75) is 12.2 Å². The summed E-state index contributed by atoms with van der Waals surface area (Å²) in [7, 11) is 0. The van der Waals surface area contributed by atoms with E-state index in [-0.39, 0.29) is 22.7 Å². The molecule has 9 heteroatoms. The van der Waals surface area contributed by atoms with Crippen LogP contribution in [0.2, 0.25) is 10.0 Å². The van der Waals surface area contributed by atoms with Gasteiger partial charge in [-0.3, -0.25) is 9.59 Å². The summed E-state index contributed by atoms with van der Waals surface area (Å²) >= 11 is 12.1. The summed E-state index contributed by atoms with van der Waals surface area (Å²) in [6.45, 7) is 0. The standard InChI is InChI=1S/C42H28Cl2O7/c43-33-19-11-29(12-20-33)39(37(45)27-7-3-1-4-8-27)50-41(47)31-15-23-35(24-16-31)49-36-25-17-32(18-26-36)42(48)51-40(30-13-21-34(44)22-14-30)38(46)28-9-5-2-6-10-28/h1-26,39-40H/t39-,40-/m0/s1. The highest BCUT2D eigenvalue weighted by atomic mass is 35.5. The molecular formula is C42H28Cl2O7. The van der Waals surface area contributed by atoms with Gasteiger partial charge in [-0.1, -0.05) is 108 Å². The van der Waals surface area contributed by atoms with Crippen molar-refractivity contribution in [2.75, 3.05) is 0 Å². The summed E-state index contributed by atoms with van der Waals surface area (Å²) in [6, 6.07) is 42.7. The number of hydrogen-bond acceptors (Lipinski definition) is 7. The molecule has 0 heterocycles. The fraction of sp³-hybridized carbons (Fsp3) is 0.0476. The molecule has 0 N–H and O–H groups in total. The average Bonchev–Trinajstić information content (AvgIpc) is 3.17. The minimum Gasteiger partial charge on any atom is -0.457 e. The lowest BCUT2D eigenvalue weighted by Crippen LogP contribution is -2.20. The number of hydrogen-bond donors (Lipinski definition) is 0. The van der Waals surface area contributed by atoms with Crippen molar-refractivity contribution < 1.29 is 33.4 Å². The van der Waals surface area contributed by atoms with Crippen LogP contribution in [-0.4, -0.2) is 23.5 Å². The lowest BCUT2D eigenvalue weighted by atomic mass is 9.99. The maximum absolute atomic E-state index is 13.4. The lowest BCUT2D eigenvalue weighted by molar-refractivity contribution is 0.0278. The second-order valence-corrected chi connectivity index (χ2v) is 12.2. The molecule has 0 saturated heterocycles. The molecule has 51 heavy (non-hydrogen) atoms. The first-order valence-electron chi connectivity index (χ1n) is 15.7. The Hall–Kier alpha value is -6.02. The molecule has 0 unspecified atom stereocenters. The predicted octanol–water partition coefficient (Wildman–Crippen LogP) is 10.3. The zero-order valence-corrected chi connectivity index (χ0v) is 28.3. The molecule has 0 radical (unpaired) electrons. The molecule has 0 fully saturated rings. The van der Waals surface area contributed by atoms with Gasteiger partial charge < -0.3 is 14.2 Å². The highest BCUT2D eigenvalue weighted by Gasteiger charge is 2.28. The van der Waals surface area contributed by atoms with Crippen LogP contribution >= 0.6 is 23.2 Å². The molecule has 6 aromatic rings. The molecule has 0 saturated carbocycles. The van der Waals surface area contributed by atoms with Gasteiger partial charge in [0, 0.05) is 32.3 Å². The molecule has 0 bridgehead atoms. The molecule has 2 atom stereocenters. The van der Waals surface area contributed by atoms with E-state index >= 15 is 0 Å². The van der Waals surface area contributed by atoms with E-state index < -0.39 is 24.1 Å². The van der Waals surface area contributed by atoms with E-state index in [0.717, 1.165) is 0 Å². The smallest absolute Gasteiger partial charge is 0.339 e. The number of carbonyl (C=O) groups is 4. The van der Waals surface area contributed by atoms with Crippen LogP contribution in [0.25, 0.3) is 0 Å². The highest BCUT2D eigenvalue weighted by Crippen LogP contribution is 2.29. The normalized spacial score (nSPS) is 11.9. The van der Waals surface area contributed by atoms with Crippen LogP contribution in [-0.2, 0) is 9.47 Å². The maximum Gasteiger partial charge on any atom is 0.339 e. The summed E-state index contributed by atoms with van der Waals surface area (Å²) in [5.74, 6) is -1.32. The van der Waals surface area contributed by atoms with Crippen LogP contribution in [0.1, 0.15) is 64.8 Å². The summed E-state index contributed by atoms with van der Waals surface area (Å²) in [5.41, 5.74) is 2.18. The van der Waals surface area contributed by atoms with E-state index in [4.69, 9.17) is 37.4 Å². The Morgan fingerprint density at radius 2 is 0.725 bits per heavy atom. The fourth-order valence-electron chi connectivity index (χ4n) is 5.13. The summed E-state index contributed by atoms with van der Waals surface area (Å²) in [5, 5.41) is 0.971. The second kappa shape index (κ2) is 16.1. The number of Topliss-reactive ketones (excluding diaryl/α,β-unsaturated/α-hetero) is 2. The van der Waals surface area contributed by atoms with Crippen molar-refractivity contribution >= 4 is 46.7 Å². The van der Waals surface area contributed by atoms with E-state index in [0.29, 0.717) is 43.8 Å². The van der Waals surface area contributed by atoms with Gasteiger partial charge in [0.05, 0.1) is 11.1 Å². The molecular weight excluding hydrogens is 687 g/mol. The quantitative estimate of drug-likeness (QED) is 0.0919. The topological polar surface area (TPSA) is 96.0 Å².